The van der Waals surface area contributed by atoms with Crippen molar-refractivity contribution >= 4 is 16.7 Å². The van der Waals surface area contributed by atoms with E-state index in [1.165, 1.54) is 5.56 Å². The quantitative estimate of drug-likeness (QED) is 0.718. The summed E-state index contributed by atoms with van der Waals surface area (Å²) in [5.74, 6) is 0.350. The minimum Gasteiger partial charge on any atom is -0.383 e. The van der Waals surface area contributed by atoms with Crippen molar-refractivity contribution in [3.8, 4) is 17.2 Å². The van der Waals surface area contributed by atoms with Crippen molar-refractivity contribution in [1.82, 2.24) is 9.97 Å². The molecule has 0 saturated carbocycles. The van der Waals surface area contributed by atoms with Crippen molar-refractivity contribution in [3.63, 3.8) is 0 Å². The lowest BCUT2D eigenvalue weighted by Gasteiger charge is -2.20. The van der Waals surface area contributed by atoms with Crippen molar-refractivity contribution in [2.75, 3.05) is 5.73 Å². The van der Waals surface area contributed by atoms with Crippen molar-refractivity contribution in [2.24, 2.45) is 0 Å². The molecule has 22 heavy (non-hydrogen) atoms. The van der Waals surface area contributed by atoms with Gasteiger partial charge in [-0.25, -0.2) is 4.98 Å². The first-order chi connectivity index (χ1) is 10.8. The van der Waals surface area contributed by atoms with E-state index in [1.807, 2.05) is 24.4 Å². The highest BCUT2D eigenvalue weighted by Crippen LogP contribution is 2.38. The normalized spacial score (nSPS) is 13.8. The molecular formula is C18H16N4. The van der Waals surface area contributed by atoms with Crippen LogP contribution in [0.15, 0.2) is 30.5 Å². The fourth-order valence-electron chi connectivity index (χ4n) is 3.45. The van der Waals surface area contributed by atoms with Gasteiger partial charge < -0.3 is 10.7 Å². The fourth-order valence-corrected chi connectivity index (χ4v) is 3.45. The highest BCUT2D eigenvalue weighted by atomic mass is 14.9. The van der Waals surface area contributed by atoms with Crippen LogP contribution in [0.3, 0.4) is 0 Å². The first-order valence-corrected chi connectivity index (χ1v) is 7.57. The Kier molecular flexibility index (Phi) is 2.87. The molecule has 0 saturated heterocycles. The average Bonchev–Trinajstić information content (AvgIpc) is 2.97. The summed E-state index contributed by atoms with van der Waals surface area (Å²) in [6.45, 7) is 0. The van der Waals surface area contributed by atoms with Crippen LogP contribution in [0.5, 0.6) is 0 Å². The SMILES string of the molecule is N#Cc1c(N)nc2c(c1-c1c[nH]c3ccccc13)CCCC2. The van der Waals surface area contributed by atoms with Gasteiger partial charge in [-0.15, -0.1) is 0 Å². The van der Waals surface area contributed by atoms with Crippen LogP contribution in [0.2, 0.25) is 0 Å². The number of nitrogens with zero attached hydrogens (tertiary/aromatic N) is 2. The number of nitrogens with two attached hydrogens (primary N) is 1. The first kappa shape index (κ1) is 12.9. The smallest absolute Gasteiger partial charge is 0.142 e. The summed E-state index contributed by atoms with van der Waals surface area (Å²) in [6, 6.07) is 10.4. The minimum atomic E-state index is 0.350. The molecule has 108 valence electrons. The maximum atomic E-state index is 9.59. The van der Waals surface area contributed by atoms with E-state index < -0.39 is 0 Å². The van der Waals surface area contributed by atoms with Crippen molar-refractivity contribution in [1.29, 1.82) is 5.26 Å². The molecule has 1 aliphatic rings. The molecule has 2 heterocycles. The van der Waals surface area contributed by atoms with E-state index >= 15 is 0 Å². The molecule has 1 aromatic carbocycles. The van der Waals surface area contributed by atoms with Gasteiger partial charge in [0.05, 0.1) is 0 Å². The lowest BCUT2D eigenvalue weighted by atomic mass is 9.86. The number of nitrogen functional groups attached to an aromatic ring is 1. The summed E-state index contributed by atoms with van der Waals surface area (Å²) in [4.78, 5) is 7.77. The Morgan fingerprint density at radius 3 is 2.86 bits per heavy atom. The number of anilines is 1. The Morgan fingerprint density at radius 1 is 1.18 bits per heavy atom. The lowest BCUT2D eigenvalue weighted by Crippen LogP contribution is -2.11. The number of pyridine rings is 1. The monoisotopic (exact) mass is 288 g/mol. The molecule has 0 aliphatic heterocycles. The van der Waals surface area contributed by atoms with E-state index in [0.717, 1.165) is 53.4 Å². The number of aromatic nitrogens is 2. The van der Waals surface area contributed by atoms with Crippen LogP contribution in [-0.4, -0.2) is 9.97 Å². The molecule has 0 unspecified atom stereocenters. The van der Waals surface area contributed by atoms with Gasteiger partial charge in [0.2, 0.25) is 0 Å². The van der Waals surface area contributed by atoms with Gasteiger partial charge in [0.15, 0.2) is 0 Å². The van der Waals surface area contributed by atoms with Gasteiger partial charge in [-0.2, -0.15) is 5.26 Å². The predicted molar refractivity (Wildman–Crippen MR) is 87.3 cm³/mol. The maximum absolute atomic E-state index is 9.59. The number of fused-ring (bicyclic) bond motifs is 2. The number of para-hydroxylation sites is 1. The number of aryl methyl sites for hydroxylation is 1. The number of benzene rings is 1. The number of hydrogen-bond donors (Lipinski definition) is 2. The molecule has 2 aromatic heterocycles. The largest absolute Gasteiger partial charge is 0.383 e. The summed E-state index contributed by atoms with van der Waals surface area (Å²) in [5.41, 5.74) is 11.9. The van der Waals surface area contributed by atoms with Crippen molar-refractivity contribution in [3.05, 3.63) is 47.3 Å². The molecule has 3 N–H and O–H groups in total. The van der Waals surface area contributed by atoms with E-state index in [-0.39, 0.29) is 0 Å². The van der Waals surface area contributed by atoms with Gasteiger partial charge in [-0.05, 0) is 37.3 Å². The second-order valence-electron chi connectivity index (χ2n) is 5.74. The van der Waals surface area contributed by atoms with Crippen LogP contribution in [0.1, 0.15) is 29.7 Å². The number of H-pyrrole nitrogens is 1. The predicted octanol–water partition coefficient (Wildman–Crippen LogP) is 3.56. The van der Waals surface area contributed by atoms with Crippen molar-refractivity contribution in [2.45, 2.75) is 25.7 Å². The van der Waals surface area contributed by atoms with Crippen LogP contribution in [0, 0.1) is 11.3 Å². The lowest BCUT2D eigenvalue weighted by molar-refractivity contribution is 0.670. The van der Waals surface area contributed by atoms with Gasteiger partial charge in [0, 0.05) is 33.9 Å². The number of rotatable bonds is 1. The fraction of sp³-hybridized carbons (Fsp3) is 0.222. The number of nitrogens with one attached hydrogen (secondary N) is 1. The third-order valence-electron chi connectivity index (χ3n) is 4.47. The Hall–Kier alpha value is -2.80. The summed E-state index contributed by atoms with van der Waals surface area (Å²) >= 11 is 0. The first-order valence-electron chi connectivity index (χ1n) is 7.57. The zero-order valence-electron chi connectivity index (χ0n) is 12.2. The molecule has 1 aliphatic carbocycles. The van der Waals surface area contributed by atoms with E-state index in [1.54, 1.807) is 0 Å². The van der Waals surface area contributed by atoms with Crippen LogP contribution in [0.4, 0.5) is 5.82 Å². The zero-order valence-corrected chi connectivity index (χ0v) is 12.2. The molecule has 0 fully saturated rings. The molecule has 0 radical (unpaired) electrons. The minimum absolute atomic E-state index is 0.350. The molecule has 4 heteroatoms. The third kappa shape index (κ3) is 1.79. The molecule has 0 atom stereocenters. The molecule has 3 aromatic rings. The van der Waals surface area contributed by atoms with Gasteiger partial charge in [0.25, 0.3) is 0 Å². The molecule has 0 bridgehead atoms. The van der Waals surface area contributed by atoms with Gasteiger partial charge in [0.1, 0.15) is 17.5 Å². The third-order valence-corrected chi connectivity index (χ3v) is 4.47. The second-order valence-corrected chi connectivity index (χ2v) is 5.74. The Balaban J connectivity index is 2.09. The number of aromatic amines is 1. The summed E-state index contributed by atoms with van der Waals surface area (Å²) in [5, 5.41) is 10.7. The highest BCUT2D eigenvalue weighted by Gasteiger charge is 2.23. The Labute approximate surface area is 128 Å². The Morgan fingerprint density at radius 2 is 2.00 bits per heavy atom. The summed E-state index contributed by atoms with van der Waals surface area (Å²) < 4.78 is 0. The van der Waals surface area contributed by atoms with Crippen LogP contribution >= 0.6 is 0 Å². The van der Waals surface area contributed by atoms with E-state index in [4.69, 9.17) is 5.73 Å². The van der Waals surface area contributed by atoms with Gasteiger partial charge >= 0.3 is 0 Å². The molecule has 0 amide bonds. The van der Waals surface area contributed by atoms with Gasteiger partial charge in [-0.3, -0.25) is 0 Å². The standard InChI is InChI=1S/C18H16N4/c19-9-13-17(12-6-2-4-8-16(12)22-18(13)20)14-10-21-15-7-3-1-5-11(14)15/h1,3,5,7,10,21H,2,4,6,8H2,(H2,20,22). The van der Waals surface area contributed by atoms with E-state index in [0.29, 0.717) is 11.4 Å². The van der Waals surface area contributed by atoms with Crippen LogP contribution < -0.4 is 5.73 Å². The second kappa shape index (κ2) is 4.88. The summed E-state index contributed by atoms with van der Waals surface area (Å²) in [7, 11) is 0. The van der Waals surface area contributed by atoms with E-state index in [9.17, 15) is 5.26 Å². The number of hydrogen-bond acceptors (Lipinski definition) is 3. The van der Waals surface area contributed by atoms with Gasteiger partial charge in [-0.1, -0.05) is 18.2 Å². The van der Waals surface area contributed by atoms with E-state index in [2.05, 4.69) is 22.1 Å². The van der Waals surface area contributed by atoms with Crippen LogP contribution in [0.25, 0.3) is 22.0 Å². The average molecular weight is 288 g/mol. The highest BCUT2D eigenvalue weighted by molar-refractivity contribution is 5.98. The zero-order chi connectivity index (χ0) is 15.1. The van der Waals surface area contributed by atoms with Crippen molar-refractivity contribution < 1.29 is 0 Å². The number of nitriles is 1. The van der Waals surface area contributed by atoms with Crippen LogP contribution in [-0.2, 0) is 12.8 Å². The maximum Gasteiger partial charge on any atom is 0.142 e. The molecule has 0 spiro atoms. The summed E-state index contributed by atoms with van der Waals surface area (Å²) in [6.07, 6.45) is 6.17. The topological polar surface area (TPSA) is 78.5 Å². The Bertz CT molecular complexity index is 915. The molecular weight excluding hydrogens is 272 g/mol. The molecule has 4 nitrogen and oxygen atoms in total. The molecule has 4 rings (SSSR count).